The number of ether oxygens (including phenoxy) is 2. The zero-order valence-electron chi connectivity index (χ0n) is 18.9. The zero-order valence-corrected chi connectivity index (χ0v) is 19.8. The van der Waals surface area contributed by atoms with Gasteiger partial charge in [-0.15, -0.1) is 0 Å². The first kappa shape index (κ1) is 26.4. The van der Waals surface area contributed by atoms with Gasteiger partial charge in [0.15, 0.2) is 0 Å². The van der Waals surface area contributed by atoms with Crippen LogP contribution in [-0.4, -0.2) is 86.3 Å². The second-order valence-corrected chi connectivity index (χ2v) is 11.0. The van der Waals surface area contributed by atoms with Gasteiger partial charge in [0.05, 0.1) is 24.9 Å². The van der Waals surface area contributed by atoms with Gasteiger partial charge in [0.25, 0.3) is 10.1 Å². The van der Waals surface area contributed by atoms with Crippen molar-refractivity contribution in [3.8, 4) is 0 Å². The van der Waals surface area contributed by atoms with E-state index in [4.69, 9.17) is 9.47 Å². The first-order chi connectivity index (χ1) is 13.5. The number of carbonyl (C=O) groups excluding carboxylic acids is 2. The normalized spacial score (nSPS) is 21.6. The molecule has 0 unspecified atom stereocenters. The Morgan fingerprint density at radius 1 is 0.900 bits per heavy atom. The summed E-state index contributed by atoms with van der Waals surface area (Å²) in [5.41, 5.74) is -1.04. The van der Waals surface area contributed by atoms with E-state index in [0.717, 1.165) is 19.1 Å². The van der Waals surface area contributed by atoms with Crippen LogP contribution in [-0.2, 0) is 23.8 Å². The third kappa shape index (κ3) is 9.46. The van der Waals surface area contributed by atoms with Crippen molar-refractivity contribution < 1.29 is 36.1 Å². The highest BCUT2D eigenvalue weighted by atomic mass is 32.2. The molecule has 11 heteroatoms. The zero-order chi connectivity index (χ0) is 23.3. The molecule has 0 aliphatic carbocycles. The van der Waals surface area contributed by atoms with Crippen LogP contribution in [0.1, 0.15) is 54.4 Å². The first-order valence-electron chi connectivity index (χ1n) is 9.92. The summed E-state index contributed by atoms with van der Waals surface area (Å²) in [6, 6.07) is -0.463. The number of nitrogens with zero attached hydrogens (tertiary/aromatic N) is 2. The molecule has 2 aliphatic heterocycles. The summed E-state index contributed by atoms with van der Waals surface area (Å²) in [5, 5.41) is 0. The van der Waals surface area contributed by atoms with Crippen molar-refractivity contribution in [2.75, 3.05) is 32.6 Å². The number of amides is 2. The lowest BCUT2D eigenvalue weighted by Gasteiger charge is -2.40. The molecule has 2 saturated heterocycles. The van der Waals surface area contributed by atoms with E-state index < -0.39 is 40.2 Å². The highest BCUT2D eigenvalue weighted by Gasteiger charge is 2.36. The van der Waals surface area contributed by atoms with Gasteiger partial charge < -0.3 is 19.3 Å². The van der Waals surface area contributed by atoms with E-state index in [9.17, 15) is 22.4 Å². The van der Waals surface area contributed by atoms with Gasteiger partial charge in [-0.1, -0.05) is 0 Å². The topological polar surface area (TPSA) is 102 Å². The van der Waals surface area contributed by atoms with Crippen LogP contribution in [0.5, 0.6) is 0 Å². The summed E-state index contributed by atoms with van der Waals surface area (Å²) in [6.45, 7) is 11.5. The maximum atomic E-state index is 12.2. The highest BCUT2D eigenvalue weighted by molar-refractivity contribution is 7.85. The molecule has 2 rings (SSSR count). The van der Waals surface area contributed by atoms with Gasteiger partial charge in [-0.25, -0.2) is 14.0 Å². The molecule has 0 aromatic rings. The number of hydrogen-bond donors (Lipinski definition) is 0. The summed E-state index contributed by atoms with van der Waals surface area (Å²) >= 11 is 0. The molecule has 176 valence electrons. The summed E-state index contributed by atoms with van der Waals surface area (Å²) in [5.74, 6) is 0. The Balaban J connectivity index is 0.000000311. The molecule has 0 bridgehead atoms. The molecule has 2 fully saturated rings. The Kier molecular flexibility index (Phi) is 8.92. The van der Waals surface area contributed by atoms with Gasteiger partial charge in [0.2, 0.25) is 0 Å². The van der Waals surface area contributed by atoms with Gasteiger partial charge in [0.1, 0.15) is 17.9 Å². The standard InChI is InChI=1S/C10H19NO5S.C9H16FNO2/c1-10(2,3)16-9(12)11-6-5-8(11)7-15-17(4,13)14;1-9(2,3)13-8(12)11-5-4-7(11)6-10/h8H,5-7H2,1-4H3;7H,4-6H2,1-3H3/t8-;7-/m00/s1. The van der Waals surface area contributed by atoms with Gasteiger partial charge in [-0.05, 0) is 54.4 Å². The molecular formula is C19H35FN2O7S. The number of hydrogen-bond acceptors (Lipinski definition) is 7. The summed E-state index contributed by atoms with van der Waals surface area (Å²) in [4.78, 5) is 25.9. The number of halogens is 1. The minimum atomic E-state index is -3.46. The molecule has 0 saturated carbocycles. The van der Waals surface area contributed by atoms with Crippen molar-refractivity contribution >= 4 is 22.3 Å². The third-order valence-electron chi connectivity index (χ3n) is 4.20. The van der Waals surface area contributed by atoms with E-state index in [0.29, 0.717) is 13.1 Å². The Hall–Kier alpha value is -1.62. The molecule has 2 amide bonds. The van der Waals surface area contributed by atoms with Gasteiger partial charge in [0, 0.05) is 13.1 Å². The van der Waals surface area contributed by atoms with E-state index in [1.807, 2.05) is 0 Å². The van der Waals surface area contributed by atoms with Crippen LogP contribution in [0.4, 0.5) is 14.0 Å². The molecule has 30 heavy (non-hydrogen) atoms. The fourth-order valence-electron chi connectivity index (χ4n) is 2.54. The molecule has 0 spiro atoms. The number of alkyl halides is 1. The SMILES string of the molecule is CC(C)(C)OC(=O)N1CC[C@H]1CF.CC(C)(C)OC(=O)N1CC[C@H]1COS(C)(=O)=O. The molecule has 0 aromatic carbocycles. The van der Waals surface area contributed by atoms with Crippen LogP contribution >= 0.6 is 0 Å². The van der Waals surface area contributed by atoms with E-state index in [-0.39, 0.29) is 18.7 Å². The molecule has 0 N–H and O–H groups in total. The first-order valence-corrected chi connectivity index (χ1v) is 11.7. The quantitative estimate of drug-likeness (QED) is 0.602. The predicted molar refractivity (Wildman–Crippen MR) is 109 cm³/mol. The van der Waals surface area contributed by atoms with Crippen molar-refractivity contribution in [2.24, 2.45) is 0 Å². The van der Waals surface area contributed by atoms with Gasteiger partial charge >= 0.3 is 12.2 Å². The Morgan fingerprint density at radius 3 is 1.57 bits per heavy atom. The Labute approximate surface area is 178 Å². The van der Waals surface area contributed by atoms with E-state index in [2.05, 4.69) is 4.18 Å². The Morgan fingerprint density at radius 2 is 1.30 bits per heavy atom. The lowest BCUT2D eigenvalue weighted by molar-refractivity contribution is -0.0138. The summed E-state index contributed by atoms with van der Waals surface area (Å²) in [7, 11) is -3.46. The average Bonchev–Trinajstić information content (AvgIpc) is 2.40. The largest absolute Gasteiger partial charge is 0.444 e. The van der Waals surface area contributed by atoms with Crippen LogP contribution in [0.2, 0.25) is 0 Å². The van der Waals surface area contributed by atoms with Crippen molar-refractivity contribution in [3.63, 3.8) is 0 Å². The van der Waals surface area contributed by atoms with Crippen molar-refractivity contribution in [1.29, 1.82) is 0 Å². The molecule has 0 aromatic heterocycles. The second kappa shape index (κ2) is 10.1. The summed E-state index contributed by atoms with van der Waals surface area (Å²) < 4.78 is 48.8. The lowest BCUT2D eigenvalue weighted by Crippen LogP contribution is -2.54. The van der Waals surface area contributed by atoms with E-state index in [1.54, 1.807) is 41.5 Å². The predicted octanol–water partition coefficient (Wildman–Crippen LogP) is 2.94. The van der Waals surface area contributed by atoms with Crippen molar-refractivity contribution in [2.45, 2.75) is 77.7 Å². The molecular weight excluding hydrogens is 419 g/mol. The lowest BCUT2D eigenvalue weighted by atomic mass is 10.1. The fraction of sp³-hybridized carbons (Fsp3) is 0.895. The third-order valence-corrected chi connectivity index (χ3v) is 4.76. The number of rotatable bonds is 4. The number of carbonyl (C=O) groups is 2. The van der Waals surface area contributed by atoms with Crippen LogP contribution in [0, 0.1) is 0 Å². The smallest absolute Gasteiger partial charge is 0.410 e. The average molecular weight is 455 g/mol. The minimum Gasteiger partial charge on any atom is -0.444 e. The molecule has 2 heterocycles. The van der Waals surface area contributed by atoms with Crippen LogP contribution in [0.15, 0.2) is 0 Å². The van der Waals surface area contributed by atoms with Gasteiger partial charge in [-0.3, -0.25) is 4.18 Å². The summed E-state index contributed by atoms with van der Waals surface area (Å²) in [6.07, 6.45) is 1.64. The van der Waals surface area contributed by atoms with E-state index in [1.165, 1.54) is 9.80 Å². The monoisotopic (exact) mass is 454 g/mol. The van der Waals surface area contributed by atoms with Crippen LogP contribution in [0.25, 0.3) is 0 Å². The highest BCUT2D eigenvalue weighted by Crippen LogP contribution is 2.22. The molecule has 0 radical (unpaired) electrons. The molecule has 2 aliphatic rings. The molecule has 2 atom stereocenters. The minimum absolute atomic E-state index is 0.00191. The van der Waals surface area contributed by atoms with Crippen molar-refractivity contribution in [3.05, 3.63) is 0 Å². The number of likely N-dealkylation sites (tertiary alicyclic amines) is 2. The maximum absolute atomic E-state index is 12.2. The van der Waals surface area contributed by atoms with Crippen LogP contribution in [0.3, 0.4) is 0 Å². The van der Waals surface area contributed by atoms with Gasteiger partial charge in [-0.2, -0.15) is 8.42 Å². The fourth-order valence-corrected chi connectivity index (χ4v) is 2.94. The Bertz CT molecular complexity index is 699. The maximum Gasteiger partial charge on any atom is 0.410 e. The van der Waals surface area contributed by atoms with E-state index >= 15 is 0 Å². The molecule has 9 nitrogen and oxygen atoms in total. The van der Waals surface area contributed by atoms with Crippen LogP contribution < -0.4 is 0 Å². The second-order valence-electron chi connectivity index (χ2n) is 9.38. The van der Waals surface area contributed by atoms with Crippen molar-refractivity contribution in [1.82, 2.24) is 9.80 Å².